The molecule has 0 aliphatic heterocycles. The van der Waals surface area contributed by atoms with Crippen molar-refractivity contribution < 1.29 is 18.1 Å². The molecule has 0 heterocycles. The highest BCUT2D eigenvalue weighted by atomic mass is 32.2. The predicted octanol–water partition coefficient (Wildman–Crippen LogP) is 8.18. The molecule has 5 aromatic carbocycles. The molecular formula is C30H26N2O4S. The van der Waals surface area contributed by atoms with Gasteiger partial charge in [-0.15, -0.1) is 5.11 Å². The van der Waals surface area contributed by atoms with Gasteiger partial charge in [-0.2, -0.15) is 13.5 Å². The van der Waals surface area contributed by atoms with Crippen LogP contribution in [0.15, 0.2) is 124 Å². The maximum Gasteiger partial charge on any atom is 0.294 e. The number of hydrogen-bond acceptors (Lipinski definition) is 5. The molecule has 37 heavy (non-hydrogen) atoms. The molecule has 0 atom stereocenters. The summed E-state index contributed by atoms with van der Waals surface area (Å²) in [5.41, 5.74) is 5.36. The first-order chi connectivity index (χ1) is 17.7. The molecule has 6 nitrogen and oxygen atoms in total. The van der Waals surface area contributed by atoms with Crippen molar-refractivity contribution in [3.63, 3.8) is 0 Å². The number of benzene rings is 5. The van der Waals surface area contributed by atoms with E-state index >= 15 is 0 Å². The third-order valence-electron chi connectivity index (χ3n) is 5.69. The van der Waals surface area contributed by atoms with Gasteiger partial charge in [0.1, 0.15) is 5.75 Å². The Bertz CT molecular complexity index is 1650. The molecule has 0 aromatic heterocycles. The second-order valence-electron chi connectivity index (χ2n) is 8.53. The fourth-order valence-corrected chi connectivity index (χ4v) is 4.25. The Kier molecular flexibility index (Phi) is 7.77. The number of aromatic hydroxyl groups is 1. The van der Waals surface area contributed by atoms with Gasteiger partial charge in [-0.3, -0.25) is 4.55 Å². The van der Waals surface area contributed by atoms with Crippen LogP contribution in [0.25, 0.3) is 21.9 Å². The summed E-state index contributed by atoms with van der Waals surface area (Å²) >= 11 is 0. The molecule has 0 bridgehead atoms. The Balaban J connectivity index is 0.000000245. The topological polar surface area (TPSA) is 99.3 Å². The van der Waals surface area contributed by atoms with E-state index in [0.29, 0.717) is 5.69 Å². The summed E-state index contributed by atoms with van der Waals surface area (Å²) in [5.74, 6) is 0.202. The molecule has 0 amide bonds. The van der Waals surface area contributed by atoms with E-state index < -0.39 is 10.1 Å². The highest BCUT2D eigenvalue weighted by Crippen LogP contribution is 2.41. The summed E-state index contributed by atoms with van der Waals surface area (Å²) in [6.07, 6.45) is 0. The molecule has 5 aromatic rings. The maximum atomic E-state index is 10.7. The quantitative estimate of drug-likeness (QED) is 0.188. The van der Waals surface area contributed by atoms with Crippen molar-refractivity contribution in [3.8, 4) is 16.9 Å². The normalized spacial score (nSPS) is 11.3. The monoisotopic (exact) mass is 510 g/mol. The lowest BCUT2D eigenvalue weighted by Gasteiger charge is -2.11. The van der Waals surface area contributed by atoms with Crippen LogP contribution < -0.4 is 0 Å². The van der Waals surface area contributed by atoms with Gasteiger partial charge in [0.05, 0.1) is 16.3 Å². The van der Waals surface area contributed by atoms with Crippen LogP contribution in [0.5, 0.6) is 5.75 Å². The molecule has 0 unspecified atom stereocenters. The number of hydrogen-bond donors (Lipinski definition) is 2. The van der Waals surface area contributed by atoms with Crippen LogP contribution in [0.3, 0.4) is 0 Å². The third kappa shape index (κ3) is 6.46. The summed E-state index contributed by atoms with van der Waals surface area (Å²) in [4.78, 5) is -0.0666. The van der Waals surface area contributed by atoms with E-state index in [1.165, 1.54) is 17.7 Å². The number of azo groups is 1. The summed E-state index contributed by atoms with van der Waals surface area (Å²) in [5, 5.41) is 21.3. The van der Waals surface area contributed by atoms with Crippen molar-refractivity contribution in [1.82, 2.24) is 0 Å². The first-order valence-corrected chi connectivity index (χ1v) is 13.0. The lowest BCUT2D eigenvalue weighted by atomic mass is 9.96. The summed E-state index contributed by atoms with van der Waals surface area (Å²) in [6, 6.07) is 33.4. The third-order valence-corrected chi connectivity index (χ3v) is 6.56. The van der Waals surface area contributed by atoms with Crippen LogP contribution >= 0.6 is 0 Å². The Labute approximate surface area is 216 Å². The van der Waals surface area contributed by atoms with E-state index in [2.05, 4.69) is 10.2 Å². The fraction of sp³-hybridized carbons (Fsp3) is 0.0667. The fourth-order valence-electron chi connectivity index (χ4n) is 3.77. The summed E-state index contributed by atoms with van der Waals surface area (Å²) < 4.78 is 29.6. The summed E-state index contributed by atoms with van der Waals surface area (Å²) in [7, 11) is -4.02. The molecule has 0 radical (unpaired) electrons. The van der Waals surface area contributed by atoms with Gasteiger partial charge in [0.15, 0.2) is 0 Å². The zero-order valence-corrected chi connectivity index (χ0v) is 21.2. The Morgan fingerprint density at radius 1 is 0.649 bits per heavy atom. The highest BCUT2D eigenvalue weighted by Gasteiger charge is 2.13. The molecule has 0 spiro atoms. The number of rotatable bonds is 4. The van der Waals surface area contributed by atoms with Gasteiger partial charge in [0.25, 0.3) is 10.1 Å². The van der Waals surface area contributed by atoms with Gasteiger partial charge in [0.2, 0.25) is 0 Å². The van der Waals surface area contributed by atoms with Crippen LogP contribution in [0.2, 0.25) is 0 Å². The van der Waals surface area contributed by atoms with Crippen molar-refractivity contribution in [2.75, 3.05) is 0 Å². The standard InChI is InChI=1S/C23H18N2O.C7H8O3S/c1-16-11-13-18(14-12-16)24-25-21-15-22(26)23(17-7-3-2-4-8-17)20-10-6-5-9-19(20)21;1-6-2-4-7(5-3-6)11(8,9)10/h2-15,26H,1H3;2-5H,1H3,(H,8,9,10). The Morgan fingerprint density at radius 2 is 1.19 bits per heavy atom. The first kappa shape index (κ1) is 25.8. The van der Waals surface area contributed by atoms with Crippen molar-refractivity contribution in [2.45, 2.75) is 18.7 Å². The number of nitrogens with zero attached hydrogens (tertiary/aromatic N) is 2. The van der Waals surface area contributed by atoms with Crippen LogP contribution in [0.1, 0.15) is 11.1 Å². The van der Waals surface area contributed by atoms with Crippen LogP contribution in [-0.2, 0) is 10.1 Å². The molecule has 0 aliphatic carbocycles. The molecule has 186 valence electrons. The van der Waals surface area contributed by atoms with Gasteiger partial charge in [-0.1, -0.05) is 90.0 Å². The van der Waals surface area contributed by atoms with Crippen molar-refractivity contribution >= 4 is 32.3 Å². The van der Waals surface area contributed by atoms with Gasteiger partial charge in [-0.25, -0.2) is 0 Å². The number of phenols is 1. The zero-order valence-electron chi connectivity index (χ0n) is 20.4. The maximum absolute atomic E-state index is 10.7. The minimum absolute atomic E-state index is 0.0666. The lowest BCUT2D eigenvalue weighted by molar-refractivity contribution is 0.478. The number of aryl methyl sites for hydroxylation is 2. The van der Waals surface area contributed by atoms with Crippen molar-refractivity contribution in [2.24, 2.45) is 10.2 Å². The average Bonchev–Trinajstić information content (AvgIpc) is 2.89. The minimum atomic E-state index is -4.02. The molecule has 5 rings (SSSR count). The van der Waals surface area contributed by atoms with Gasteiger partial charge < -0.3 is 5.11 Å². The average molecular weight is 511 g/mol. The van der Waals surface area contributed by atoms with Crippen molar-refractivity contribution in [3.05, 3.63) is 120 Å². The zero-order chi connectivity index (χ0) is 26.4. The second-order valence-corrected chi connectivity index (χ2v) is 9.95. The molecule has 0 saturated carbocycles. The van der Waals surface area contributed by atoms with Crippen LogP contribution in [-0.4, -0.2) is 18.1 Å². The Hall–Kier alpha value is -4.33. The van der Waals surface area contributed by atoms with E-state index in [4.69, 9.17) is 4.55 Å². The van der Waals surface area contributed by atoms with E-state index in [0.717, 1.165) is 33.2 Å². The predicted molar refractivity (Wildman–Crippen MR) is 147 cm³/mol. The second kappa shape index (κ2) is 11.2. The largest absolute Gasteiger partial charge is 0.507 e. The summed E-state index contributed by atoms with van der Waals surface area (Å²) in [6.45, 7) is 3.88. The molecule has 7 heteroatoms. The Morgan fingerprint density at radius 3 is 1.78 bits per heavy atom. The van der Waals surface area contributed by atoms with Gasteiger partial charge in [-0.05, 0) is 49.1 Å². The smallest absolute Gasteiger partial charge is 0.294 e. The SMILES string of the molecule is Cc1ccc(N=Nc2cc(O)c(-c3ccccc3)c3ccccc23)cc1.Cc1ccc(S(=O)(=O)O)cc1. The van der Waals surface area contributed by atoms with Gasteiger partial charge in [0, 0.05) is 17.0 Å². The number of fused-ring (bicyclic) bond motifs is 1. The molecule has 0 fully saturated rings. The van der Waals surface area contributed by atoms with Crippen molar-refractivity contribution in [1.29, 1.82) is 0 Å². The molecule has 2 N–H and O–H groups in total. The lowest BCUT2D eigenvalue weighted by Crippen LogP contribution is -1.96. The van der Waals surface area contributed by atoms with E-state index in [-0.39, 0.29) is 10.6 Å². The van der Waals surface area contributed by atoms with Gasteiger partial charge >= 0.3 is 0 Å². The van der Waals surface area contributed by atoms with E-state index in [1.807, 2.05) is 92.7 Å². The molecule has 0 aliphatic rings. The molecule has 0 saturated heterocycles. The van der Waals surface area contributed by atoms with E-state index in [9.17, 15) is 13.5 Å². The first-order valence-electron chi connectivity index (χ1n) is 11.5. The molecular weight excluding hydrogens is 484 g/mol. The minimum Gasteiger partial charge on any atom is -0.507 e. The van der Waals surface area contributed by atoms with E-state index in [1.54, 1.807) is 18.2 Å². The van der Waals surface area contributed by atoms with Crippen LogP contribution in [0.4, 0.5) is 11.4 Å². The van der Waals surface area contributed by atoms with Crippen LogP contribution in [0, 0.1) is 13.8 Å². The number of phenolic OH excluding ortho intramolecular Hbond substituents is 1. The highest BCUT2D eigenvalue weighted by molar-refractivity contribution is 7.85.